The first-order chi connectivity index (χ1) is 8.59. The Bertz CT molecular complexity index is 546. The summed E-state index contributed by atoms with van der Waals surface area (Å²) in [5.41, 5.74) is 6.66. The Morgan fingerprint density at radius 3 is 2.72 bits per heavy atom. The number of nitrogens with two attached hydrogens (primary N) is 1. The van der Waals surface area contributed by atoms with E-state index in [2.05, 4.69) is 20.9 Å². The quantitative estimate of drug-likeness (QED) is 0.883. The summed E-state index contributed by atoms with van der Waals surface area (Å²) < 4.78 is 27.6. The van der Waals surface area contributed by atoms with Crippen LogP contribution >= 0.6 is 15.9 Å². The second kappa shape index (κ2) is 5.54. The van der Waals surface area contributed by atoms with Crippen LogP contribution in [0.4, 0.5) is 8.78 Å². The van der Waals surface area contributed by atoms with Crippen LogP contribution in [0.25, 0.3) is 0 Å². The van der Waals surface area contributed by atoms with Gasteiger partial charge in [-0.3, -0.25) is 4.98 Å². The van der Waals surface area contributed by atoms with Crippen molar-refractivity contribution in [3.8, 4) is 0 Å². The van der Waals surface area contributed by atoms with Gasteiger partial charge in [-0.15, -0.1) is 0 Å². The third-order valence-electron chi connectivity index (χ3n) is 2.68. The van der Waals surface area contributed by atoms with Crippen LogP contribution in [-0.2, 0) is 6.42 Å². The van der Waals surface area contributed by atoms with Crippen LogP contribution < -0.4 is 5.73 Å². The molecule has 1 aromatic carbocycles. The summed E-state index contributed by atoms with van der Waals surface area (Å²) in [5.74, 6) is -1.19. The minimum Gasteiger partial charge on any atom is -0.324 e. The Kier molecular flexibility index (Phi) is 4.04. The highest BCUT2D eigenvalue weighted by Gasteiger charge is 2.16. The second-order valence-corrected chi connectivity index (χ2v) is 4.77. The lowest BCUT2D eigenvalue weighted by Gasteiger charge is -2.13. The molecular weight excluding hydrogens is 302 g/mol. The molecule has 94 valence electrons. The van der Waals surface area contributed by atoms with Gasteiger partial charge in [-0.05, 0) is 46.1 Å². The lowest BCUT2D eigenvalue weighted by Crippen LogP contribution is -2.15. The van der Waals surface area contributed by atoms with E-state index in [0.29, 0.717) is 0 Å². The molecule has 2 rings (SSSR count). The fourth-order valence-electron chi connectivity index (χ4n) is 1.69. The molecule has 2 aromatic rings. The van der Waals surface area contributed by atoms with Crippen LogP contribution in [-0.4, -0.2) is 4.98 Å². The van der Waals surface area contributed by atoms with Crippen LogP contribution in [0.5, 0.6) is 0 Å². The summed E-state index contributed by atoms with van der Waals surface area (Å²) in [7, 11) is 0. The van der Waals surface area contributed by atoms with Crippen LogP contribution in [0.3, 0.4) is 0 Å². The van der Waals surface area contributed by atoms with Gasteiger partial charge in [0, 0.05) is 24.0 Å². The highest BCUT2D eigenvalue weighted by atomic mass is 79.9. The maximum absolute atomic E-state index is 13.8. The normalized spacial score (nSPS) is 12.4. The van der Waals surface area contributed by atoms with E-state index >= 15 is 0 Å². The second-order valence-electron chi connectivity index (χ2n) is 3.92. The fraction of sp³-hybridized carbons (Fsp3) is 0.154. The van der Waals surface area contributed by atoms with Gasteiger partial charge in [0.05, 0.1) is 4.47 Å². The van der Waals surface area contributed by atoms with Gasteiger partial charge in [0.15, 0.2) is 0 Å². The number of rotatable bonds is 3. The largest absolute Gasteiger partial charge is 0.324 e. The molecule has 5 heteroatoms. The predicted molar refractivity (Wildman–Crippen MR) is 68.9 cm³/mol. The molecule has 2 N–H and O–H groups in total. The van der Waals surface area contributed by atoms with Crippen molar-refractivity contribution in [3.63, 3.8) is 0 Å². The van der Waals surface area contributed by atoms with E-state index < -0.39 is 17.7 Å². The highest BCUT2D eigenvalue weighted by molar-refractivity contribution is 9.10. The molecule has 0 radical (unpaired) electrons. The molecule has 0 bridgehead atoms. The third-order valence-corrected chi connectivity index (χ3v) is 3.29. The van der Waals surface area contributed by atoms with Gasteiger partial charge in [0.1, 0.15) is 11.6 Å². The molecule has 0 saturated carbocycles. The van der Waals surface area contributed by atoms with E-state index in [0.717, 1.165) is 5.56 Å². The summed E-state index contributed by atoms with van der Waals surface area (Å²) in [6, 6.07) is 5.59. The Morgan fingerprint density at radius 2 is 2.06 bits per heavy atom. The van der Waals surface area contributed by atoms with Crippen molar-refractivity contribution >= 4 is 15.9 Å². The molecule has 0 spiro atoms. The van der Waals surface area contributed by atoms with Crippen molar-refractivity contribution in [2.75, 3.05) is 0 Å². The molecule has 1 unspecified atom stereocenters. The van der Waals surface area contributed by atoms with Crippen molar-refractivity contribution in [1.29, 1.82) is 0 Å². The van der Waals surface area contributed by atoms with Crippen LogP contribution in [0, 0.1) is 11.6 Å². The van der Waals surface area contributed by atoms with Crippen LogP contribution in [0.15, 0.2) is 41.1 Å². The lowest BCUT2D eigenvalue weighted by atomic mass is 10.0. The van der Waals surface area contributed by atoms with E-state index in [-0.39, 0.29) is 16.5 Å². The summed E-state index contributed by atoms with van der Waals surface area (Å²) in [6.07, 6.45) is 3.30. The van der Waals surface area contributed by atoms with Crippen molar-refractivity contribution < 1.29 is 8.78 Å². The lowest BCUT2D eigenvalue weighted by molar-refractivity contribution is 0.536. The Balaban J connectivity index is 2.27. The molecule has 1 heterocycles. The molecular formula is C13H11BrF2N2. The van der Waals surface area contributed by atoms with E-state index in [1.165, 1.54) is 12.1 Å². The summed E-state index contributed by atoms with van der Waals surface area (Å²) >= 11 is 3.03. The molecule has 0 fully saturated rings. The molecule has 0 aliphatic heterocycles. The molecule has 0 aliphatic rings. The minimum absolute atomic E-state index is 0.0132. The zero-order valence-electron chi connectivity index (χ0n) is 9.41. The van der Waals surface area contributed by atoms with E-state index in [1.807, 2.05) is 0 Å². The van der Waals surface area contributed by atoms with Crippen molar-refractivity contribution in [2.45, 2.75) is 12.5 Å². The first-order valence-corrected chi connectivity index (χ1v) is 6.16. The third kappa shape index (κ3) is 2.73. The van der Waals surface area contributed by atoms with Gasteiger partial charge >= 0.3 is 0 Å². The first-order valence-electron chi connectivity index (χ1n) is 5.37. The number of nitrogens with zero attached hydrogens (tertiary/aromatic N) is 1. The van der Waals surface area contributed by atoms with Crippen LogP contribution in [0.1, 0.15) is 17.2 Å². The number of pyridine rings is 1. The number of benzene rings is 1. The average molecular weight is 313 g/mol. The monoisotopic (exact) mass is 312 g/mol. The Hall–Kier alpha value is -1.33. The molecule has 18 heavy (non-hydrogen) atoms. The first kappa shape index (κ1) is 13.1. The highest BCUT2D eigenvalue weighted by Crippen LogP contribution is 2.25. The van der Waals surface area contributed by atoms with Crippen molar-refractivity contribution in [2.24, 2.45) is 5.73 Å². The molecule has 0 amide bonds. The SMILES string of the molecule is NC(Cc1c(F)ccc(Br)c1F)c1cccnc1. The standard InChI is InChI=1S/C13H11BrF2N2/c14-10-3-4-11(15)9(13(10)16)6-12(17)8-2-1-5-18-7-8/h1-5,7,12H,6,17H2. The predicted octanol–water partition coefficient (Wildman–Crippen LogP) is 3.36. The van der Waals surface area contributed by atoms with Crippen molar-refractivity contribution in [3.05, 3.63) is 63.9 Å². The maximum Gasteiger partial charge on any atom is 0.143 e. The van der Waals surface area contributed by atoms with E-state index in [1.54, 1.807) is 24.5 Å². The number of halogens is 3. The number of hydrogen-bond donors (Lipinski definition) is 1. The van der Waals surface area contributed by atoms with Crippen LogP contribution in [0.2, 0.25) is 0 Å². The van der Waals surface area contributed by atoms with Gasteiger partial charge < -0.3 is 5.73 Å². The summed E-state index contributed by atoms with van der Waals surface area (Å²) in [5, 5.41) is 0. The zero-order chi connectivity index (χ0) is 13.1. The minimum atomic E-state index is -0.602. The summed E-state index contributed by atoms with van der Waals surface area (Å²) in [6.45, 7) is 0. The van der Waals surface area contributed by atoms with Gasteiger partial charge in [-0.1, -0.05) is 6.07 Å². The van der Waals surface area contributed by atoms with Gasteiger partial charge in [-0.25, -0.2) is 8.78 Å². The van der Waals surface area contributed by atoms with Crippen molar-refractivity contribution in [1.82, 2.24) is 4.98 Å². The Morgan fingerprint density at radius 1 is 1.28 bits per heavy atom. The topological polar surface area (TPSA) is 38.9 Å². The molecule has 0 aliphatic carbocycles. The average Bonchev–Trinajstić information content (AvgIpc) is 2.40. The number of hydrogen-bond acceptors (Lipinski definition) is 2. The van der Waals surface area contributed by atoms with E-state index in [9.17, 15) is 8.78 Å². The maximum atomic E-state index is 13.8. The molecule has 0 saturated heterocycles. The van der Waals surface area contributed by atoms with Gasteiger partial charge in [-0.2, -0.15) is 0 Å². The number of aromatic nitrogens is 1. The molecule has 1 aromatic heterocycles. The molecule has 2 nitrogen and oxygen atoms in total. The van der Waals surface area contributed by atoms with Gasteiger partial charge in [0.2, 0.25) is 0 Å². The van der Waals surface area contributed by atoms with E-state index in [4.69, 9.17) is 5.73 Å². The fourth-order valence-corrected chi connectivity index (χ4v) is 2.06. The Labute approximate surface area is 112 Å². The summed E-state index contributed by atoms with van der Waals surface area (Å²) in [4.78, 5) is 3.93. The smallest absolute Gasteiger partial charge is 0.143 e. The van der Waals surface area contributed by atoms with Gasteiger partial charge in [0.25, 0.3) is 0 Å². The molecule has 1 atom stereocenters. The zero-order valence-corrected chi connectivity index (χ0v) is 11.0.